The number of nitrogens with one attached hydrogen (secondary N) is 1. The minimum absolute atomic E-state index is 0.0747. The highest BCUT2D eigenvalue weighted by Gasteiger charge is 2.31. The Morgan fingerprint density at radius 3 is 2.45 bits per heavy atom. The Balaban J connectivity index is 2.04. The Bertz CT molecular complexity index is 650. The molecule has 1 N–H and O–H groups in total. The Kier molecular flexibility index (Phi) is 4.42. The van der Waals surface area contributed by atoms with Crippen LogP contribution in [0.25, 0.3) is 0 Å². The van der Waals surface area contributed by atoms with Crippen molar-refractivity contribution >= 4 is 27.4 Å². The van der Waals surface area contributed by atoms with E-state index in [1.54, 1.807) is 12.1 Å². The Morgan fingerprint density at radius 2 is 2.00 bits per heavy atom. The maximum Gasteiger partial charge on any atom is 0.230 e. The lowest BCUT2D eigenvalue weighted by atomic mass is 9.96. The van der Waals surface area contributed by atoms with Gasteiger partial charge in [-0.1, -0.05) is 20.8 Å². The zero-order valence-electron chi connectivity index (χ0n) is 13.3. The molecule has 1 unspecified atom stereocenters. The number of rotatable bonds is 3. The van der Waals surface area contributed by atoms with Crippen molar-refractivity contribution < 1.29 is 13.2 Å². The quantitative estimate of drug-likeness (QED) is 0.894. The molecule has 2 heterocycles. The van der Waals surface area contributed by atoms with E-state index >= 15 is 0 Å². The molecule has 0 radical (unpaired) electrons. The highest BCUT2D eigenvalue weighted by atomic mass is 32.2. The third kappa shape index (κ3) is 3.94. The number of amides is 1. The summed E-state index contributed by atoms with van der Waals surface area (Å²) in [5.41, 5.74) is -0.505. The number of hydrogen-bond acceptors (Lipinski definition) is 6. The van der Waals surface area contributed by atoms with Gasteiger partial charge in [0.25, 0.3) is 0 Å². The third-order valence-electron chi connectivity index (χ3n) is 3.69. The summed E-state index contributed by atoms with van der Waals surface area (Å²) >= 11 is 0. The molecule has 0 saturated carbocycles. The number of sulfone groups is 1. The van der Waals surface area contributed by atoms with Gasteiger partial charge in [-0.15, -0.1) is 10.2 Å². The second-order valence-corrected chi connectivity index (χ2v) is 8.88. The molecule has 1 aromatic rings. The summed E-state index contributed by atoms with van der Waals surface area (Å²) in [6, 6.07) is 3.33. The summed E-state index contributed by atoms with van der Waals surface area (Å²) in [5.74, 6) is 1.21. The first-order chi connectivity index (χ1) is 10.1. The van der Waals surface area contributed by atoms with Gasteiger partial charge < -0.3 is 10.2 Å². The Morgan fingerprint density at radius 1 is 1.32 bits per heavy atom. The molecule has 0 aliphatic carbocycles. The Hall–Kier alpha value is -1.70. The molecule has 7 nitrogen and oxygen atoms in total. The first-order valence-electron chi connectivity index (χ1n) is 7.17. The monoisotopic (exact) mass is 326 g/mol. The van der Waals surface area contributed by atoms with Gasteiger partial charge in [-0.2, -0.15) is 0 Å². The largest absolute Gasteiger partial charge is 0.354 e. The van der Waals surface area contributed by atoms with E-state index in [1.165, 1.54) is 0 Å². The van der Waals surface area contributed by atoms with Crippen LogP contribution in [-0.2, 0) is 14.6 Å². The van der Waals surface area contributed by atoms with E-state index in [4.69, 9.17) is 0 Å². The van der Waals surface area contributed by atoms with Crippen molar-refractivity contribution in [2.45, 2.75) is 33.2 Å². The van der Waals surface area contributed by atoms with Crippen molar-refractivity contribution in [1.29, 1.82) is 0 Å². The first-order valence-corrected chi connectivity index (χ1v) is 8.99. The van der Waals surface area contributed by atoms with Gasteiger partial charge in [-0.05, 0) is 18.6 Å². The lowest BCUT2D eigenvalue weighted by molar-refractivity contribution is -0.123. The van der Waals surface area contributed by atoms with Gasteiger partial charge >= 0.3 is 0 Å². The van der Waals surface area contributed by atoms with Crippen molar-refractivity contribution in [2.24, 2.45) is 5.41 Å². The van der Waals surface area contributed by atoms with Gasteiger partial charge in [-0.25, -0.2) is 8.42 Å². The summed E-state index contributed by atoms with van der Waals surface area (Å²) in [4.78, 5) is 13.7. The smallest absolute Gasteiger partial charge is 0.230 e. The van der Waals surface area contributed by atoms with Crippen molar-refractivity contribution in [1.82, 2.24) is 10.2 Å². The van der Waals surface area contributed by atoms with Gasteiger partial charge in [0.2, 0.25) is 5.91 Å². The van der Waals surface area contributed by atoms with E-state index in [0.717, 1.165) is 0 Å². The predicted octanol–water partition coefficient (Wildman–Crippen LogP) is 1.08. The number of nitrogens with zero attached hydrogens (tertiary/aromatic N) is 3. The SMILES string of the molecule is CN(c1ccc(NC(=O)C(C)(C)C)nn1)C1CCS(=O)(=O)C1. The molecular weight excluding hydrogens is 304 g/mol. The highest BCUT2D eigenvalue weighted by Crippen LogP contribution is 2.22. The third-order valence-corrected chi connectivity index (χ3v) is 5.44. The molecule has 0 bridgehead atoms. The lowest BCUT2D eigenvalue weighted by Crippen LogP contribution is -2.33. The minimum Gasteiger partial charge on any atom is -0.354 e. The van der Waals surface area contributed by atoms with E-state index in [9.17, 15) is 13.2 Å². The number of carbonyl (C=O) groups excluding carboxylic acids is 1. The van der Waals surface area contributed by atoms with E-state index < -0.39 is 15.3 Å². The van der Waals surface area contributed by atoms with Crippen LogP contribution in [-0.4, -0.2) is 49.1 Å². The minimum atomic E-state index is -2.94. The average Bonchev–Trinajstić information content (AvgIpc) is 2.78. The highest BCUT2D eigenvalue weighted by molar-refractivity contribution is 7.91. The molecule has 1 atom stereocenters. The molecule has 1 aliphatic heterocycles. The predicted molar refractivity (Wildman–Crippen MR) is 85.6 cm³/mol. The molecule has 0 spiro atoms. The molecule has 1 saturated heterocycles. The Labute approximate surface area is 131 Å². The van der Waals surface area contributed by atoms with Gasteiger partial charge in [-0.3, -0.25) is 4.79 Å². The topological polar surface area (TPSA) is 92.3 Å². The van der Waals surface area contributed by atoms with Crippen molar-refractivity contribution in [3.05, 3.63) is 12.1 Å². The number of carbonyl (C=O) groups is 1. The number of hydrogen-bond donors (Lipinski definition) is 1. The fourth-order valence-electron chi connectivity index (χ4n) is 2.15. The first kappa shape index (κ1) is 16.7. The molecular formula is C14H22N4O3S. The molecule has 122 valence electrons. The summed E-state index contributed by atoms with van der Waals surface area (Å²) in [5, 5.41) is 10.8. The zero-order chi connectivity index (χ0) is 16.5. The van der Waals surface area contributed by atoms with Crippen LogP contribution in [0.4, 0.5) is 11.6 Å². The van der Waals surface area contributed by atoms with E-state index in [0.29, 0.717) is 18.1 Å². The maximum atomic E-state index is 11.9. The molecule has 0 aromatic carbocycles. The summed E-state index contributed by atoms with van der Waals surface area (Å²) in [7, 11) is -1.13. The van der Waals surface area contributed by atoms with Crippen LogP contribution in [0.15, 0.2) is 12.1 Å². The van der Waals surface area contributed by atoms with Crippen molar-refractivity contribution in [3.63, 3.8) is 0 Å². The normalized spacial score (nSPS) is 20.6. The van der Waals surface area contributed by atoms with Crippen LogP contribution in [0.2, 0.25) is 0 Å². The van der Waals surface area contributed by atoms with Crippen molar-refractivity contribution in [3.8, 4) is 0 Å². The van der Waals surface area contributed by atoms with Crippen molar-refractivity contribution in [2.75, 3.05) is 28.8 Å². The van der Waals surface area contributed by atoms with E-state index in [2.05, 4.69) is 15.5 Å². The van der Waals surface area contributed by atoms with E-state index in [-0.39, 0.29) is 23.5 Å². The zero-order valence-corrected chi connectivity index (χ0v) is 14.1. The van der Waals surface area contributed by atoms with Crippen LogP contribution in [0.1, 0.15) is 27.2 Å². The standard InChI is InChI=1S/C14H22N4O3S/c1-14(2,3)13(19)15-11-5-6-12(17-16-11)18(4)10-7-8-22(20,21)9-10/h5-6,10H,7-9H2,1-4H3,(H,15,16,19). The molecule has 1 aliphatic rings. The van der Waals surface area contributed by atoms with E-state index in [1.807, 2.05) is 32.7 Å². The number of anilines is 2. The second-order valence-electron chi connectivity index (χ2n) is 6.65. The van der Waals surface area contributed by atoms with Gasteiger partial charge in [0.1, 0.15) is 0 Å². The lowest BCUT2D eigenvalue weighted by Gasteiger charge is -2.24. The fraction of sp³-hybridized carbons (Fsp3) is 0.643. The molecule has 2 rings (SSSR count). The van der Waals surface area contributed by atoms with Crippen LogP contribution >= 0.6 is 0 Å². The average molecular weight is 326 g/mol. The van der Waals surface area contributed by atoms with Crippen LogP contribution in [0.3, 0.4) is 0 Å². The molecule has 1 fully saturated rings. The molecule has 1 aromatic heterocycles. The molecule has 8 heteroatoms. The van der Waals surface area contributed by atoms with Crippen LogP contribution in [0.5, 0.6) is 0 Å². The molecule has 22 heavy (non-hydrogen) atoms. The van der Waals surface area contributed by atoms with Gasteiger partial charge in [0.15, 0.2) is 21.5 Å². The summed E-state index contributed by atoms with van der Waals surface area (Å²) < 4.78 is 23.1. The second kappa shape index (κ2) is 5.83. The van der Waals surface area contributed by atoms with Crippen LogP contribution in [0, 0.1) is 5.41 Å². The van der Waals surface area contributed by atoms with Crippen LogP contribution < -0.4 is 10.2 Å². The van der Waals surface area contributed by atoms with Gasteiger partial charge in [0, 0.05) is 18.5 Å². The summed E-state index contributed by atoms with van der Waals surface area (Å²) in [6.07, 6.45) is 0.600. The molecule has 1 amide bonds. The van der Waals surface area contributed by atoms with Gasteiger partial charge in [0.05, 0.1) is 11.5 Å². The number of aromatic nitrogens is 2. The summed E-state index contributed by atoms with van der Waals surface area (Å²) in [6.45, 7) is 5.45. The fourth-order valence-corrected chi connectivity index (χ4v) is 3.93. The maximum absolute atomic E-state index is 11.9.